The number of hydrogen-bond donors (Lipinski definition) is 2. The SMILES string of the molecule is CC(NC(=O)CC(C)C1CCCNC1)c1cccc(OCc2ccccn2)c1.Cl.Cl. The normalized spacial score (nSPS) is 17.6. The third-order valence-electron chi connectivity index (χ3n) is 5.50. The lowest BCUT2D eigenvalue weighted by Gasteiger charge is -2.28. The Morgan fingerprint density at radius 2 is 2.07 bits per heavy atom. The molecule has 0 bridgehead atoms. The number of piperidine rings is 1. The third kappa shape index (κ3) is 8.13. The molecular formula is C23H33Cl2N3O2. The second-order valence-electron chi connectivity index (χ2n) is 7.76. The molecule has 2 aromatic rings. The van der Waals surface area contributed by atoms with Crippen LogP contribution in [0.5, 0.6) is 5.75 Å². The predicted octanol–water partition coefficient (Wildman–Crippen LogP) is 4.71. The Balaban J connectivity index is 0.00000225. The fourth-order valence-electron chi connectivity index (χ4n) is 3.72. The number of carbonyl (C=O) groups excluding carboxylic acids is 1. The van der Waals surface area contributed by atoms with Crippen LogP contribution >= 0.6 is 24.8 Å². The first-order chi connectivity index (χ1) is 13.6. The average Bonchev–Trinajstić information content (AvgIpc) is 2.73. The lowest BCUT2D eigenvalue weighted by atomic mass is 9.85. The Labute approximate surface area is 192 Å². The molecule has 1 aromatic heterocycles. The molecule has 7 heteroatoms. The molecule has 3 unspecified atom stereocenters. The predicted molar refractivity (Wildman–Crippen MR) is 125 cm³/mol. The number of aromatic nitrogens is 1. The molecule has 3 rings (SSSR count). The molecule has 1 saturated heterocycles. The van der Waals surface area contributed by atoms with Crippen molar-refractivity contribution in [1.82, 2.24) is 15.6 Å². The van der Waals surface area contributed by atoms with Gasteiger partial charge in [0, 0.05) is 12.6 Å². The van der Waals surface area contributed by atoms with Crippen LogP contribution in [-0.4, -0.2) is 24.0 Å². The van der Waals surface area contributed by atoms with E-state index in [1.165, 1.54) is 12.8 Å². The van der Waals surface area contributed by atoms with Crippen molar-refractivity contribution in [2.45, 2.75) is 45.8 Å². The quantitative estimate of drug-likeness (QED) is 0.607. The van der Waals surface area contributed by atoms with Crippen molar-refractivity contribution in [3.05, 3.63) is 59.9 Å². The van der Waals surface area contributed by atoms with Gasteiger partial charge in [-0.25, -0.2) is 0 Å². The van der Waals surface area contributed by atoms with E-state index in [-0.39, 0.29) is 36.8 Å². The number of nitrogens with one attached hydrogen (secondary N) is 2. The fraction of sp³-hybridized carbons (Fsp3) is 0.478. The van der Waals surface area contributed by atoms with Gasteiger partial charge in [0.05, 0.1) is 11.7 Å². The van der Waals surface area contributed by atoms with Gasteiger partial charge >= 0.3 is 0 Å². The Morgan fingerprint density at radius 1 is 1.23 bits per heavy atom. The second kappa shape index (κ2) is 13.5. The summed E-state index contributed by atoms with van der Waals surface area (Å²) in [6, 6.07) is 13.6. The Bertz CT molecular complexity index is 755. The van der Waals surface area contributed by atoms with Crippen molar-refractivity contribution in [1.29, 1.82) is 0 Å². The number of carbonyl (C=O) groups is 1. The highest BCUT2D eigenvalue weighted by molar-refractivity contribution is 5.85. The topological polar surface area (TPSA) is 63.2 Å². The number of pyridine rings is 1. The number of ether oxygens (including phenoxy) is 1. The molecule has 1 aliphatic rings. The molecule has 2 heterocycles. The highest BCUT2D eigenvalue weighted by Gasteiger charge is 2.22. The van der Waals surface area contributed by atoms with Crippen LogP contribution in [0.4, 0.5) is 0 Å². The molecule has 2 N–H and O–H groups in total. The number of hydrogen-bond acceptors (Lipinski definition) is 4. The largest absolute Gasteiger partial charge is 0.487 e. The Kier molecular flexibility index (Phi) is 11.8. The minimum atomic E-state index is -0.0532. The number of nitrogens with zero attached hydrogens (tertiary/aromatic N) is 1. The van der Waals surface area contributed by atoms with Crippen molar-refractivity contribution >= 4 is 30.7 Å². The van der Waals surface area contributed by atoms with E-state index in [9.17, 15) is 4.79 Å². The maximum atomic E-state index is 12.5. The summed E-state index contributed by atoms with van der Waals surface area (Å²) < 4.78 is 5.85. The molecule has 0 radical (unpaired) electrons. The van der Waals surface area contributed by atoms with Crippen molar-refractivity contribution in [2.75, 3.05) is 13.1 Å². The van der Waals surface area contributed by atoms with Gasteiger partial charge in [0.2, 0.25) is 5.91 Å². The lowest BCUT2D eigenvalue weighted by molar-refractivity contribution is -0.123. The summed E-state index contributed by atoms with van der Waals surface area (Å²) in [5.41, 5.74) is 1.93. The van der Waals surface area contributed by atoms with Gasteiger partial charge in [-0.2, -0.15) is 0 Å². The van der Waals surface area contributed by atoms with Crippen LogP contribution in [-0.2, 0) is 11.4 Å². The monoisotopic (exact) mass is 453 g/mol. The molecule has 5 nitrogen and oxygen atoms in total. The van der Waals surface area contributed by atoms with Gasteiger partial charge in [-0.3, -0.25) is 9.78 Å². The molecular weight excluding hydrogens is 421 g/mol. The summed E-state index contributed by atoms with van der Waals surface area (Å²) >= 11 is 0. The van der Waals surface area contributed by atoms with E-state index in [0.29, 0.717) is 24.9 Å². The van der Waals surface area contributed by atoms with Crippen molar-refractivity contribution in [3.63, 3.8) is 0 Å². The molecule has 0 spiro atoms. The number of amides is 1. The second-order valence-corrected chi connectivity index (χ2v) is 7.76. The van der Waals surface area contributed by atoms with Gasteiger partial charge in [0.1, 0.15) is 12.4 Å². The van der Waals surface area contributed by atoms with Gasteiger partial charge in [-0.05, 0) is 74.5 Å². The molecule has 1 amide bonds. The number of rotatable bonds is 8. The molecule has 1 aromatic carbocycles. The van der Waals surface area contributed by atoms with Gasteiger partial charge in [-0.1, -0.05) is 25.1 Å². The van der Waals surface area contributed by atoms with Crippen LogP contribution in [0.25, 0.3) is 0 Å². The van der Waals surface area contributed by atoms with Gasteiger partial charge in [0.15, 0.2) is 0 Å². The first kappa shape index (κ1) is 26.2. The molecule has 0 saturated carbocycles. The highest BCUT2D eigenvalue weighted by Crippen LogP contribution is 2.24. The van der Waals surface area contributed by atoms with E-state index in [4.69, 9.17) is 4.74 Å². The van der Waals surface area contributed by atoms with Gasteiger partial charge in [0.25, 0.3) is 0 Å². The molecule has 1 fully saturated rings. The van der Waals surface area contributed by atoms with E-state index in [0.717, 1.165) is 30.1 Å². The third-order valence-corrected chi connectivity index (χ3v) is 5.50. The fourth-order valence-corrected chi connectivity index (χ4v) is 3.72. The molecule has 166 valence electrons. The van der Waals surface area contributed by atoms with Crippen LogP contribution in [0, 0.1) is 11.8 Å². The van der Waals surface area contributed by atoms with Crippen LogP contribution in [0.2, 0.25) is 0 Å². The number of benzene rings is 1. The standard InChI is InChI=1S/C23H31N3O2.2ClH/c1-17(20-8-6-11-24-15-20)13-23(27)26-18(2)19-7-5-10-22(14-19)28-16-21-9-3-4-12-25-21;;/h3-5,7,9-10,12,14,17-18,20,24H,6,8,11,13,15-16H2,1-2H3,(H,26,27);2*1H. The van der Waals surface area contributed by atoms with E-state index in [1.54, 1.807) is 6.20 Å². The Morgan fingerprint density at radius 3 is 2.77 bits per heavy atom. The highest BCUT2D eigenvalue weighted by atomic mass is 35.5. The van der Waals surface area contributed by atoms with Crippen molar-refractivity contribution in [3.8, 4) is 5.75 Å². The maximum absolute atomic E-state index is 12.5. The summed E-state index contributed by atoms with van der Waals surface area (Å²) in [6.07, 6.45) is 4.76. The summed E-state index contributed by atoms with van der Waals surface area (Å²) in [5, 5.41) is 6.58. The van der Waals surface area contributed by atoms with Crippen LogP contribution in [0.3, 0.4) is 0 Å². The molecule has 30 heavy (non-hydrogen) atoms. The zero-order valence-electron chi connectivity index (χ0n) is 17.7. The maximum Gasteiger partial charge on any atom is 0.220 e. The van der Waals surface area contributed by atoms with E-state index >= 15 is 0 Å². The van der Waals surface area contributed by atoms with Crippen LogP contribution in [0.1, 0.15) is 50.4 Å². The number of halogens is 2. The van der Waals surface area contributed by atoms with Gasteiger partial charge in [-0.15, -0.1) is 24.8 Å². The molecule has 0 aliphatic carbocycles. The summed E-state index contributed by atoms with van der Waals surface area (Å²) in [7, 11) is 0. The zero-order chi connectivity index (χ0) is 19.8. The van der Waals surface area contributed by atoms with Crippen LogP contribution < -0.4 is 15.4 Å². The van der Waals surface area contributed by atoms with Crippen molar-refractivity contribution < 1.29 is 9.53 Å². The van der Waals surface area contributed by atoms with E-state index in [2.05, 4.69) is 22.5 Å². The molecule has 1 aliphatic heterocycles. The lowest BCUT2D eigenvalue weighted by Crippen LogP contribution is -2.36. The summed E-state index contributed by atoms with van der Waals surface area (Å²) in [4.78, 5) is 16.8. The first-order valence-electron chi connectivity index (χ1n) is 10.2. The minimum absolute atomic E-state index is 0. The van der Waals surface area contributed by atoms with Crippen LogP contribution in [0.15, 0.2) is 48.7 Å². The summed E-state index contributed by atoms with van der Waals surface area (Å²) in [6.45, 7) is 6.76. The summed E-state index contributed by atoms with van der Waals surface area (Å²) in [5.74, 6) is 1.89. The van der Waals surface area contributed by atoms with E-state index < -0.39 is 0 Å². The van der Waals surface area contributed by atoms with E-state index in [1.807, 2.05) is 49.4 Å². The van der Waals surface area contributed by atoms with Crippen molar-refractivity contribution in [2.24, 2.45) is 11.8 Å². The first-order valence-corrected chi connectivity index (χ1v) is 10.2. The molecule has 3 atom stereocenters. The average molecular weight is 454 g/mol. The smallest absolute Gasteiger partial charge is 0.220 e. The zero-order valence-corrected chi connectivity index (χ0v) is 19.3. The minimum Gasteiger partial charge on any atom is -0.487 e. The van der Waals surface area contributed by atoms with Gasteiger partial charge < -0.3 is 15.4 Å². The Hall–Kier alpha value is -1.82.